The van der Waals surface area contributed by atoms with Gasteiger partial charge in [0.25, 0.3) is 0 Å². The average Bonchev–Trinajstić information content (AvgIpc) is 1.88. The minimum absolute atomic E-state index is 0.223. The predicted molar refractivity (Wildman–Crippen MR) is 37.3 cm³/mol. The van der Waals surface area contributed by atoms with Gasteiger partial charge in [0.05, 0.1) is 0 Å². The molecule has 0 aliphatic rings. The summed E-state index contributed by atoms with van der Waals surface area (Å²) in [5.41, 5.74) is 0.905. The van der Waals surface area contributed by atoms with E-state index < -0.39 is 6.29 Å². The number of aliphatic hydroxyl groups excluding tert-OH is 1. The molecule has 1 aromatic carbocycles. The highest BCUT2D eigenvalue weighted by atomic mass is 16.5. The Hall–Kier alpha value is -0.860. The number of benzene rings is 1. The molecule has 2 nitrogen and oxygen atoms in total. The van der Waals surface area contributed by atoms with E-state index in [9.17, 15) is 0 Å². The highest BCUT2D eigenvalue weighted by Gasteiger charge is 1.99. The molecule has 0 saturated heterocycles. The first-order valence-electron chi connectivity index (χ1n) is 3.07. The molecule has 0 aromatic heterocycles. The molecule has 0 saturated carbocycles. The van der Waals surface area contributed by atoms with E-state index in [1.54, 1.807) is 0 Å². The molecule has 0 spiro atoms. The van der Waals surface area contributed by atoms with Crippen molar-refractivity contribution in [3.8, 4) is 0 Å². The van der Waals surface area contributed by atoms with Crippen LogP contribution in [-0.4, -0.2) is 10.2 Å². The summed E-state index contributed by atoms with van der Waals surface area (Å²) in [6.45, 7) is 0. The molecule has 0 bridgehead atoms. The van der Waals surface area contributed by atoms with Crippen molar-refractivity contribution in [3.05, 3.63) is 42.2 Å². The zero-order valence-corrected chi connectivity index (χ0v) is 5.49. The Kier molecular flexibility index (Phi) is 2.42. The van der Waals surface area contributed by atoms with Crippen LogP contribution in [-0.2, 0) is 6.42 Å². The molecule has 0 fully saturated rings. The highest BCUT2D eigenvalue weighted by Crippen LogP contribution is 2.03. The second-order valence-corrected chi connectivity index (χ2v) is 2.08. The van der Waals surface area contributed by atoms with Crippen molar-refractivity contribution in [2.75, 3.05) is 0 Å². The monoisotopic (exact) mass is 137 g/mol. The molecule has 1 rings (SSSR count). The van der Waals surface area contributed by atoms with Crippen molar-refractivity contribution < 1.29 is 10.2 Å². The average molecular weight is 137 g/mol. The lowest BCUT2D eigenvalue weighted by molar-refractivity contribution is 0.0795. The van der Waals surface area contributed by atoms with Gasteiger partial charge in [0.1, 0.15) is 0 Å². The van der Waals surface area contributed by atoms with Gasteiger partial charge in [0.2, 0.25) is 6.29 Å². The van der Waals surface area contributed by atoms with Crippen LogP contribution in [0.15, 0.2) is 30.3 Å². The fourth-order valence-corrected chi connectivity index (χ4v) is 0.778. The quantitative estimate of drug-likeness (QED) is 0.647. The number of aliphatic hydroxyl groups is 2. The lowest BCUT2D eigenvalue weighted by Crippen LogP contribution is -1.97. The molecule has 1 radical (unpaired) electrons. The van der Waals surface area contributed by atoms with E-state index in [4.69, 9.17) is 10.2 Å². The summed E-state index contributed by atoms with van der Waals surface area (Å²) in [6.07, 6.45) is -0.313. The predicted octanol–water partition coefficient (Wildman–Crippen LogP) is 1.46. The summed E-state index contributed by atoms with van der Waals surface area (Å²) >= 11 is 0. The largest absolute Gasteiger partial charge is 0.361 e. The molecule has 0 amide bonds. The van der Waals surface area contributed by atoms with Crippen molar-refractivity contribution in [2.24, 2.45) is 0 Å². The topological polar surface area (TPSA) is 40.5 Å². The van der Waals surface area contributed by atoms with Gasteiger partial charge in [-0.3, -0.25) is 0 Å². The number of hydrogen-bond acceptors (Lipinski definition) is 2. The van der Waals surface area contributed by atoms with Gasteiger partial charge in [-0.15, -0.1) is 0 Å². The maximum atomic E-state index is 8.48. The molecule has 0 atom stereocenters. The Morgan fingerprint density at radius 2 is 1.70 bits per heavy atom. The fraction of sp³-hybridized carbons (Fsp3) is 0.125. The maximum absolute atomic E-state index is 8.48. The van der Waals surface area contributed by atoms with E-state index in [0.717, 1.165) is 5.56 Å². The Balaban J connectivity index is 2.59. The van der Waals surface area contributed by atoms with Gasteiger partial charge in [-0.1, -0.05) is 30.3 Å². The normalized spacial score (nSPS) is 10.3. The molecular formula is C8H9O2. The second kappa shape index (κ2) is 3.34. The molecule has 2 N–H and O–H groups in total. The summed E-state index contributed by atoms with van der Waals surface area (Å²) in [4.78, 5) is 0. The van der Waals surface area contributed by atoms with E-state index in [-0.39, 0.29) is 6.42 Å². The second-order valence-electron chi connectivity index (χ2n) is 2.08. The van der Waals surface area contributed by atoms with Crippen LogP contribution in [0.5, 0.6) is 0 Å². The van der Waals surface area contributed by atoms with Crippen LogP contribution >= 0.6 is 0 Å². The standard InChI is InChI=1S/C8H9O2/c9-8(10)6-7-4-2-1-3-5-7/h1-5,9-10H,6H2. The van der Waals surface area contributed by atoms with E-state index in [1.165, 1.54) is 0 Å². The molecule has 53 valence electrons. The van der Waals surface area contributed by atoms with Crippen molar-refractivity contribution in [2.45, 2.75) is 6.42 Å². The van der Waals surface area contributed by atoms with E-state index in [0.29, 0.717) is 0 Å². The first-order valence-corrected chi connectivity index (χ1v) is 3.07. The van der Waals surface area contributed by atoms with Crippen LogP contribution in [0, 0.1) is 6.29 Å². The molecule has 2 heteroatoms. The van der Waals surface area contributed by atoms with E-state index in [1.807, 2.05) is 30.3 Å². The van der Waals surface area contributed by atoms with Crippen molar-refractivity contribution in [1.29, 1.82) is 0 Å². The molecule has 0 aliphatic heterocycles. The van der Waals surface area contributed by atoms with Gasteiger partial charge in [0, 0.05) is 6.42 Å². The number of rotatable bonds is 2. The van der Waals surface area contributed by atoms with E-state index in [2.05, 4.69) is 0 Å². The molecule has 0 aliphatic carbocycles. The Labute approximate surface area is 59.7 Å². The molecular weight excluding hydrogens is 128 g/mol. The van der Waals surface area contributed by atoms with Gasteiger partial charge < -0.3 is 10.2 Å². The van der Waals surface area contributed by atoms with Crippen LogP contribution in [0.25, 0.3) is 0 Å². The third-order valence-corrected chi connectivity index (χ3v) is 1.21. The van der Waals surface area contributed by atoms with Crippen LogP contribution < -0.4 is 0 Å². The summed E-state index contributed by atoms with van der Waals surface area (Å²) in [5.74, 6) is 0. The Morgan fingerprint density at radius 1 is 1.10 bits per heavy atom. The Morgan fingerprint density at radius 3 is 2.20 bits per heavy atom. The SMILES string of the molecule is O[C](O)Cc1ccccc1. The van der Waals surface area contributed by atoms with E-state index >= 15 is 0 Å². The van der Waals surface area contributed by atoms with Crippen molar-refractivity contribution in [1.82, 2.24) is 0 Å². The maximum Gasteiger partial charge on any atom is 0.222 e. The van der Waals surface area contributed by atoms with Gasteiger partial charge in [-0.2, -0.15) is 0 Å². The fourth-order valence-electron chi connectivity index (χ4n) is 0.778. The van der Waals surface area contributed by atoms with Gasteiger partial charge in [0.15, 0.2) is 0 Å². The molecule has 1 aromatic rings. The summed E-state index contributed by atoms with van der Waals surface area (Å²) in [6, 6.07) is 9.29. The van der Waals surface area contributed by atoms with Crippen LogP contribution in [0.3, 0.4) is 0 Å². The Bertz CT molecular complexity index is 182. The van der Waals surface area contributed by atoms with Gasteiger partial charge in [-0.05, 0) is 5.56 Å². The van der Waals surface area contributed by atoms with Crippen molar-refractivity contribution >= 4 is 0 Å². The first kappa shape index (κ1) is 7.25. The lowest BCUT2D eigenvalue weighted by atomic mass is 10.1. The minimum atomic E-state index is -0.536. The van der Waals surface area contributed by atoms with Crippen LogP contribution in [0.1, 0.15) is 5.56 Å². The van der Waals surface area contributed by atoms with Gasteiger partial charge in [-0.25, -0.2) is 0 Å². The zero-order valence-electron chi connectivity index (χ0n) is 5.49. The third kappa shape index (κ3) is 2.17. The molecule has 10 heavy (non-hydrogen) atoms. The minimum Gasteiger partial charge on any atom is -0.361 e. The summed E-state index contributed by atoms with van der Waals surface area (Å²) in [5, 5.41) is 17.0. The lowest BCUT2D eigenvalue weighted by Gasteiger charge is -1.99. The smallest absolute Gasteiger partial charge is 0.222 e. The third-order valence-electron chi connectivity index (χ3n) is 1.21. The number of hydrogen-bond donors (Lipinski definition) is 2. The van der Waals surface area contributed by atoms with Gasteiger partial charge >= 0.3 is 0 Å². The van der Waals surface area contributed by atoms with Crippen LogP contribution in [0.4, 0.5) is 0 Å². The first-order chi connectivity index (χ1) is 4.79. The zero-order chi connectivity index (χ0) is 7.40. The van der Waals surface area contributed by atoms with Crippen molar-refractivity contribution in [3.63, 3.8) is 0 Å². The molecule has 0 unspecified atom stereocenters. The van der Waals surface area contributed by atoms with Crippen LogP contribution in [0.2, 0.25) is 0 Å². The highest BCUT2D eigenvalue weighted by molar-refractivity contribution is 5.16. The molecule has 0 heterocycles. The summed E-state index contributed by atoms with van der Waals surface area (Å²) < 4.78 is 0. The summed E-state index contributed by atoms with van der Waals surface area (Å²) in [7, 11) is 0.